The SMILES string of the molecule is C=CC(=O)OCCOCCOCCOCCOCCOCCOCCC(=O)Oc1c(F)c(F)c(F)c(F)c1F. The molecule has 0 amide bonds. The number of carbonyl (C=O) groups excluding carboxylic acids is 2. The number of hydrogen-bond donors (Lipinski definition) is 0. The van der Waals surface area contributed by atoms with Crippen LogP contribution in [0.1, 0.15) is 6.42 Å². The van der Waals surface area contributed by atoms with Crippen LogP contribution in [0.25, 0.3) is 0 Å². The third-order valence-corrected chi connectivity index (χ3v) is 4.33. The van der Waals surface area contributed by atoms with Crippen LogP contribution in [0.2, 0.25) is 0 Å². The number of esters is 2. The summed E-state index contributed by atoms with van der Waals surface area (Å²) in [6, 6.07) is 0. The first-order valence-electron chi connectivity index (χ1n) is 11.8. The largest absolute Gasteiger partial charge is 0.460 e. The number of benzene rings is 1. The lowest BCUT2D eigenvalue weighted by atomic mass is 10.2. The molecule has 0 aromatic heterocycles. The molecule has 0 aliphatic rings. The molecule has 39 heavy (non-hydrogen) atoms. The van der Waals surface area contributed by atoms with E-state index in [0.29, 0.717) is 46.2 Å². The summed E-state index contributed by atoms with van der Waals surface area (Å²) in [6.07, 6.45) is 0.585. The van der Waals surface area contributed by atoms with Crippen LogP contribution in [0.4, 0.5) is 22.0 Å². The maximum Gasteiger partial charge on any atom is 0.330 e. The Labute approximate surface area is 221 Å². The van der Waals surface area contributed by atoms with Crippen LogP contribution < -0.4 is 4.74 Å². The number of halogens is 5. The van der Waals surface area contributed by atoms with Crippen LogP contribution in [-0.2, 0) is 42.7 Å². The molecule has 0 heterocycles. The van der Waals surface area contributed by atoms with Gasteiger partial charge in [-0.3, -0.25) is 4.79 Å². The molecule has 0 saturated carbocycles. The van der Waals surface area contributed by atoms with Crippen molar-refractivity contribution in [3.63, 3.8) is 0 Å². The van der Waals surface area contributed by atoms with Crippen LogP contribution in [0.3, 0.4) is 0 Å². The zero-order valence-corrected chi connectivity index (χ0v) is 21.2. The Morgan fingerprint density at radius 3 is 1.26 bits per heavy atom. The molecule has 0 unspecified atom stereocenters. The van der Waals surface area contributed by atoms with Gasteiger partial charge in [-0.2, -0.15) is 8.78 Å². The summed E-state index contributed by atoms with van der Waals surface area (Å²) in [5.41, 5.74) is 0. The molecule has 1 rings (SSSR count). The zero-order valence-electron chi connectivity index (χ0n) is 21.2. The topological polar surface area (TPSA) is 108 Å². The Hall–Kier alpha value is -2.69. The summed E-state index contributed by atoms with van der Waals surface area (Å²) >= 11 is 0. The van der Waals surface area contributed by atoms with Gasteiger partial charge in [-0.15, -0.1) is 0 Å². The van der Waals surface area contributed by atoms with Crippen molar-refractivity contribution in [2.24, 2.45) is 0 Å². The van der Waals surface area contributed by atoms with Crippen molar-refractivity contribution in [2.45, 2.75) is 6.42 Å². The Morgan fingerprint density at radius 1 is 0.538 bits per heavy atom. The van der Waals surface area contributed by atoms with E-state index < -0.39 is 53.2 Å². The van der Waals surface area contributed by atoms with E-state index in [1.54, 1.807) is 0 Å². The molecule has 0 N–H and O–H groups in total. The van der Waals surface area contributed by atoms with E-state index in [1.807, 2.05) is 0 Å². The minimum atomic E-state index is -2.35. The van der Waals surface area contributed by atoms with Gasteiger partial charge in [-0.25, -0.2) is 18.0 Å². The first-order chi connectivity index (χ1) is 18.8. The molecule has 222 valence electrons. The van der Waals surface area contributed by atoms with Crippen molar-refractivity contribution in [3.8, 4) is 5.75 Å². The maximum atomic E-state index is 13.5. The second-order valence-corrected chi connectivity index (χ2v) is 7.17. The van der Waals surface area contributed by atoms with Gasteiger partial charge in [0.2, 0.25) is 34.8 Å². The van der Waals surface area contributed by atoms with Gasteiger partial charge in [0.05, 0.1) is 85.7 Å². The number of ether oxygens (including phenoxy) is 8. The van der Waals surface area contributed by atoms with E-state index in [0.717, 1.165) is 6.08 Å². The lowest BCUT2D eigenvalue weighted by molar-refractivity contribution is -0.139. The molecule has 0 aliphatic heterocycles. The molecule has 1 aromatic rings. The fraction of sp³-hybridized carbons (Fsp3) is 0.583. The lowest BCUT2D eigenvalue weighted by Gasteiger charge is -2.09. The van der Waals surface area contributed by atoms with Crippen molar-refractivity contribution >= 4 is 11.9 Å². The molecule has 15 heteroatoms. The average Bonchev–Trinajstić information content (AvgIpc) is 2.93. The van der Waals surface area contributed by atoms with Gasteiger partial charge in [-0.1, -0.05) is 6.58 Å². The van der Waals surface area contributed by atoms with Gasteiger partial charge >= 0.3 is 11.9 Å². The molecular formula is C24H31F5O10. The van der Waals surface area contributed by atoms with E-state index >= 15 is 0 Å². The van der Waals surface area contributed by atoms with Gasteiger partial charge in [0.1, 0.15) is 6.61 Å². The summed E-state index contributed by atoms with van der Waals surface area (Å²) in [7, 11) is 0. The molecule has 10 nitrogen and oxygen atoms in total. The van der Waals surface area contributed by atoms with Crippen molar-refractivity contribution in [1.82, 2.24) is 0 Å². The smallest absolute Gasteiger partial charge is 0.330 e. The summed E-state index contributed by atoms with van der Waals surface area (Å²) in [5.74, 6) is -14.7. The predicted molar refractivity (Wildman–Crippen MR) is 123 cm³/mol. The Morgan fingerprint density at radius 2 is 0.872 bits per heavy atom. The monoisotopic (exact) mass is 574 g/mol. The Kier molecular flexibility index (Phi) is 18.6. The van der Waals surface area contributed by atoms with E-state index in [9.17, 15) is 31.5 Å². The third-order valence-electron chi connectivity index (χ3n) is 4.33. The fourth-order valence-corrected chi connectivity index (χ4v) is 2.46. The standard InChI is InChI=1S/C24H31F5O10/c1-2-17(30)38-16-15-37-14-13-36-12-11-35-10-9-34-8-7-33-6-5-32-4-3-18(31)39-24-22(28)20(26)19(25)21(27)23(24)29/h2H,1,3-16H2. The highest BCUT2D eigenvalue weighted by molar-refractivity contribution is 5.81. The molecule has 0 spiro atoms. The first-order valence-corrected chi connectivity index (χ1v) is 11.8. The number of rotatable bonds is 23. The van der Waals surface area contributed by atoms with E-state index in [1.165, 1.54) is 0 Å². The van der Waals surface area contributed by atoms with Crippen LogP contribution >= 0.6 is 0 Å². The van der Waals surface area contributed by atoms with Gasteiger partial charge in [0, 0.05) is 6.08 Å². The number of hydrogen-bond acceptors (Lipinski definition) is 10. The molecule has 0 atom stereocenters. The summed E-state index contributed by atoms with van der Waals surface area (Å²) < 4.78 is 107. The average molecular weight is 574 g/mol. The number of carbonyl (C=O) groups is 2. The normalized spacial score (nSPS) is 11.0. The minimum absolute atomic E-state index is 0.0761. The third kappa shape index (κ3) is 14.9. The quantitative estimate of drug-likeness (QED) is 0.0368. The van der Waals surface area contributed by atoms with Crippen LogP contribution in [-0.4, -0.2) is 97.8 Å². The minimum Gasteiger partial charge on any atom is -0.460 e. The highest BCUT2D eigenvalue weighted by atomic mass is 19.2. The van der Waals surface area contributed by atoms with Crippen molar-refractivity contribution in [3.05, 3.63) is 41.7 Å². The fourth-order valence-electron chi connectivity index (χ4n) is 2.46. The Bertz CT molecular complexity index is 858. The first kappa shape index (κ1) is 34.3. The Balaban J connectivity index is 1.88. The van der Waals surface area contributed by atoms with Gasteiger partial charge in [0.25, 0.3) is 0 Å². The van der Waals surface area contributed by atoms with Gasteiger partial charge in [-0.05, 0) is 0 Å². The zero-order chi connectivity index (χ0) is 28.9. The molecule has 0 radical (unpaired) electrons. The molecular weight excluding hydrogens is 543 g/mol. The van der Waals surface area contributed by atoms with Crippen molar-refractivity contribution in [2.75, 3.05) is 85.9 Å². The van der Waals surface area contributed by atoms with Crippen molar-refractivity contribution < 1.29 is 69.4 Å². The highest BCUT2D eigenvalue weighted by Gasteiger charge is 2.28. The summed E-state index contributed by atoms with van der Waals surface area (Å²) in [6.45, 7) is 6.46. The highest BCUT2D eigenvalue weighted by Crippen LogP contribution is 2.29. The summed E-state index contributed by atoms with van der Waals surface area (Å²) in [5, 5.41) is 0. The second kappa shape index (κ2) is 21.2. The van der Waals surface area contributed by atoms with E-state index in [2.05, 4.69) is 11.3 Å². The molecule has 1 aromatic carbocycles. The molecule has 0 saturated heterocycles. The van der Waals surface area contributed by atoms with Crippen LogP contribution in [0.15, 0.2) is 12.7 Å². The lowest BCUT2D eigenvalue weighted by Crippen LogP contribution is -2.16. The molecule has 0 aliphatic carbocycles. The second-order valence-electron chi connectivity index (χ2n) is 7.17. The van der Waals surface area contributed by atoms with E-state index in [-0.39, 0.29) is 39.6 Å². The van der Waals surface area contributed by atoms with Crippen LogP contribution in [0, 0.1) is 29.1 Å². The molecule has 0 fully saturated rings. The van der Waals surface area contributed by atoms with Crippen LogP contribution in [0.5, 0.6) is 5.75 Å². The molecule has 0 bridgehead atoms. The summed E-state index contributed by atoms with van der Waals surface area (Å²) in [4.78, 5) is 22.4. The van der Waals surface area contributed by atoms with Crippen molar-refractivity contribution in [1.29, 1.82) is 0 Å². The van der Waals surface area contributed by atoms with Gasteiger partial charge < -0.3 is 37.9 Å². The predicted octanol–water partition coefficient (Wildman–Crippen LogP) is 2.51. The maximum absolute atomic E-state index is 13.5. The van der Waals surface area contributed by atoms with E-state index in [4.69, 9.17) is 33.2 Å². The van der Waals surface area contributed by atoms with Gasteiger partial charge in [0.15, 0.2) is 0 Å².